The fourth-order valence-electron chi connectivity index (χ4n) is 1.03. The maximum atomic E-state index is 11.2. The molecule has 0 aromatic heterocycles. The molecule has 0 heterocycles. The van der Waals surface area contributed by atoms with Crippen LogP contribution in [0.5, 0.6) is 0 Å². The Morgan fingerprint density at radius 2 is 2.07 bits per heavy atom. The zero-order valence-electron chi connectivity index (χ0n) is 8.77. The molecule has 15 heavy (non-hydrogen) atoms. The minimum Gasteiger partial charge on any atom is -0.479 e. The van der Waals surface area contributed by atoms with Crippen molar-refractivity contribution in [3.8, 4) is 0 Å². The SMILES string of the molecule is CCC(CN)CC(=O)NCC(O)C(=O)O. The zero-order chi connectivity index (χ0) is 11.8. The quantitative estimate of drug-likeness (QED) is 0.434. The summed E-state index contributed by atoms with van der Waals surface area (Å²) in [6.45, 7) is 2.08. The van der Waals surface area contributed by atoms with Crippen LogP contribution in [-0.4, -0.2) is 41.3 Å². The van der Waals surface area contributed by atoms with E-state index < -0.39 is 12.1 Å². The molecule has 0 aromatic carbocycles. The molecule has 0 aliphatic rings. The summed E-state index contributed by atoms with van der Waals surface area (Å²) in [5.74, 6) is -1.53. The summed E-state index contributed by atoms with van der Waals surface area (Å²) in [7, 11) is 0. The van der Waals surface area contributed by atoms with Crippen molar-refractivity contribution >= 4 is 11.9 Å². The van der Waals surface area contributed by atoms with Crippen LogP contribution in [0.15, 0.2) is 0 Å². The minimum atomic E-state index is -1.55. The van der Waals surface area contributed by atoms with Crippen molar-refractivity contribution in [2.75, 3.05) is 13.1 Å². The summed E-state index contributed by atoms with van der Waals surface area (Å²) in [4.78, 5) is 21.5. The zero-order valence-corrected chi connectivity index (χ0v) is 8.77. The molecule has 0 aliphatic heterocycles. The fraction of sp³-hybridized carbons (Fsp3) is 0.778. The van der Waals surface area contributed by atoms with E-state index in [4.69, 9.17) is 15.9 Å². The topological polar surface area (TPSA) is 113 Å². The summed E-state index contributed by atoms with van der Waals surface area (Å²) < 4.78 is 0. The van der Waals surface area contributed by atoms with Gasteiger partial charge in [-0.15, -0.1) is 0 Å². The standard InChI is InChI=1S/C9H18N2O4/c1-2-6(4-10)3-8(13)11-5-7(12)9(14)15/h6-7,12H,2-5,10H2,1H3,(H,11,13)(H,14,15). The van der Waals surface area contributed by atoms with Gasteiger partial charge in [-0.25, -0.2) is 4.79 Å². The van der Waals surface area contributed by atoms with Crippen molar-refractivity contribution in [1.29, 1.82) is 0 Å². The first-order chi connectivity index (χ1) is 7.01. The monoisotopic (exact) mass is 218 g/mol. The molecule has 6 heteroatoms. The molecule has 6 nitrogen and oxygen atoms in total. The lowest BCUT2D eigenvalue weighted by atomic mass is 10.0. The van der Waals surface area contributed by atoms with Gasteiger partial charge in [0.1, 0.15) is 0 Å². The molecule has 0 saturated heterocycles. The average Bonchev–Trinajstić information content (AvgIpc) is 2.22. The molecule has 1 amide bonds. The third kappa shape index (κ3) is 6.03. The van der Waals surface area contributed by atoms with Gasteiger partial charge in [-0.2, -0.15) is 0 Å². The molecule has 5 N–H and O–H groups in total. The highest BCUT2D eigenvalue weighted by Crippen LogP contribution is 2.05. The highest BCUT2D eigenvalue weighted by atomic mass is 16.4. The summed E-state index contributed by atoms with van der Waals surface area (Å²) in [5.41, 5.74) is 5.41. The number of carbonyl (C=O) groups is 2. The Balaban J connectivity index is 3.79. The molecule has 0 aromatic rings. The first kappa shape index (κ1) is 13.9. The molecule has 0 bridgehead atoms. The van der Waals surface area contributed by atoms with Gasteiger partial charge in [0.2, 0.25) is 5.91 Å². The van der Waals surface area contributed by atoms with Crippen LogP contribution < -0.4 is 11.1 Å². The predicted molar refractivity (Wildman–Crippen MR) is 54.1 cm³/mol. The van der Waals surface area contributed by atoms with E-state index in [-0.39, 0.29) is 24.8 Å². The smallest absolute Gasteiger partial charge is 0.334 e. The number of nitrogens with two attached hydrogens (primary N) is 1. The maximum absolute atomic E-state index is 11.2. The third-order valence-corrected chi connectivity index (χ3v) is 2.16. The lowest BCUT2D eigenvalue weighted by Crippen LogP contribution is -2.37. The fourth-order valence-corrected chi connectivity index (χ4v) is 1.03. The van der Waals surface area contributed by atoms with Crippen molar-refractivity contribution in [3.63, 3.8) is 0 Å². The van der Waals surface area contributed by atoms with Crippen LogP contribution in [0.2, 0.25) is 0 Å². The maximum Gasteiger partial charge on any atom is 0.334 e. The summed E-state index contributed by atoms with van der Waals surface area (Å²) >= 11 is 0. The summed E-state index contributed by atoms with van der Waals surface area (Å²) in [5, 5.41) is 19.6. The Labute approximate surface area is 88.5 Å². The van der Waals surface area contributed by atoms with Crippen LogP contribution >= 0.6 is 0 Å². The Morgan fingerprint density at radius 1 is 1.47 bits per heavy atom. The molecule has 2 unspecified atom stereocenters. The first-order valence-electron chi connectivity index (χ1n) is 4.88. The van der Waals surface area contributed by atoms with Crippen LogP contribution in [-0.2, 0) is 9.59 Å². The number of aliphatic hydroxyl groups excluding tert-OH is 1. The second kappa shape index (κ2) is 7.19. The van der Waals surface area contributed by atoms with Crippen molar-refractivity contribution in [3.05, 3.63) is 0 Å². The van der Waals surface area contributed by atoms with Crippen LogP contribution in [0.25, 0.3) is 0 Å². The van der Waals surface area contributed by atoms with Gasteiger partial charge >= 0.3 is 5.97 Å². The number of hydrogen-bond donors (Lipinski definition) is 4. The van der Waals surface area contributed by atoms with Gasteiger partial charge in [0.15, 0.2) is 6.10 Å². The van der Waals surface area contributed by atoms with Gasteiger partial charge in [0, 0.05) is 6.42 Å². The van der Waals surface area contributed by atoms with E-state index in [1.807, 2.05) is 6.92 Å². The molecule has 0 fully saturated rings. The minimum absolute atomic E-state index is 0.104. The number of aliphatic carboxylic acids is 1. The largest absolute Gasteiger partial charge is 0.479 e. The predicted octanol–water partition coefficient (Wildman–Crippen LogP) is -1.08. The van der Waals surface area contributed by atoms with E-state index in [1.54, 1.807) is 0 Å². The van der Waals surface area contributed by atoms with Gasteiger partial charge in [-0.1, -0.05) is 13.3 Å². The number of carboxylic acid groups (broad SMARTS) is 1. The van der Waals surface area contributed by atoms with Gasteiger partial charge in [0.05, 0.1) is 6.54 Å². The van der Waals surface area contributed by atoms with Crippen molar-refractivity contribution < 1.29 is 19.8 Å². The molecule has 0 rings (SSSR count). The van der Waals surface area contributed by atoms with Gasteiger partial charge < -0.3 is 21.3 Å². The van der Waals surface area contributed by atoms with Crippen LogP contribution in [0.3, 0.4) is 0 Å². The Hall–Kier alpha value is -1.14. The Morgan fingerprint density at radius 3 is 2.47 bits per heavy atom. The van der Waals surface area contributed by atoms with Gasteiger partial charge in [0.25, 0.3) is 0 Å². The van der Waals surface area contributed by atoms with Gasteiger partial charge in [-0.05, 0) is 12.5 Å². The molecule has 0 spiro atoms. The lowest BCUT2D eigenvalue weighted by Gasteiger charge is -2.12. The Kier molecular flexibility index (Phi) is 6.64. The average molecular weight is 218 g/mol. The summed E-state index contributed by atoms with van der Waals surface area (Å²) in [6.07, 6.45) is -0.489. The third-order valence-electron chi connectivity index (χ3n) is 2.16. The molecule has 0 aliphatic carbocycles. The van der Waals surface area contributed by atoms with Crippen LogP contribution in [0, 0.1) is 5.92 Å². The Bertz CT molecular complexity index is 216. The van der Waals surface area contributed by atoms with Crippen molar-refractivity contribution in [2.24, 2.45) is 11.7 Å². The second-order valence-electron chi connectivity index (χ2n) is 3.37. The normalized spacial score (nSPS) is 14.3. The number of hydrogen-bond acceptors (Lipinski definition) is 4. The molecule has 88 valence electrons. The number of rotatable bonds is 7. The van der Waals surface area contributed by atoms with Crippen LogP contribution in [0.4, 0.5) is 0 Å². The van der Waals surface area contributed by atoms with Crippen molar-refractivity contribution in [2.45, 2.75) is 25.9 Å². The summed E-state index contributed by atoms with van der Waals surface area (Å²) in [6, 6.07) is 0. The molecule has 2 atom stereocenters. The highest BCUT2D eigenvalue weighted by molar-refractivity contribution is 5.78. The molecule has 0 radical (unpaired) electrons. The number of aliphatic hydroxyl groups is 1. The number of carboxylic acids is 1. The van der Waals surface area contributed by atoms with E-state index in [0.29, 0.717) is 6.54 Å². The number of carbonyl (C=O) groups excluding carboxylic acids is 1. The first-order valence-corrected chi connectivity index (χ1v) is 4.88. The molecule has 0 saturated carbocycles. The molecular formula is C9H18N2O4. The van der Waals surface area contributed by atoms with E-state index >= 15 is 0 Å². The van der Waals surface area contributed by atoms with E-state index in [0.717, 1.165) is 6.42 Å². The van der Waals surface area contributed by atoms with Gasteiger partial charge in [-0.3, -0.25) is 4.79 Å². The van der Waals surface area contributed by atoms with Crippen molar-refractivity contribution in [1.82, 2.24) is 5.32 Å². The van der Waals surface area contributed by atoms with Crippen LogP contribution in [0.1, 0.15) is 19.8 Å². The van der Waals surface area contributed by atoms with E-state index in [2.05, 4.69) is 5.32 Å². The van der Waals surface area contributed by atoms with E-state index in [1.165, 1.54) is 0 Å². The molecular weight excluding hydrogens is 200 g/mol. The number of nitrogens with one attached hydrogen (secondary N) is 1. The number of amides is 1. The van der Waals surface area contributed by atoms with E-state index in [9.17, 15) is 9.59 Å². The highest BCUT2D eigenvalue weighted by Gasteiger charge is 2.15. The lowest BCUT2D eigenvalue weighted by molar-refractivity contribution is -0.146. The second-order valence-corrected chi connectivity index (χ2v) is 3.37.